The molecule has 26 heavy (non-hydrogen) atoms. The number of rotatable bonds is 4. The van der Waals surface area contributed by atoms with E-state index < -0.39 is 0 Å². The second-order valence-electron chi connectivity index (χ2n) is 5.74. The monoisotopic (exact) mass is 340 g/mol. The quantitative estimate of drug-likeness (QED) is 0.439. The Hall–Kier alpha value is -3.73. The molecule has 126 valence electrons. The first-order valence-electron chi connectivity index (χ1n) is 8.25. The summed E-state index contributed by atoms with van der Waals surface area (Å²) in [7, 11) is 0. The highest BCUT2D eigenvalue weighted by Gasteiger charge is 2.14. The minimum atomic E-state index is -0.277. The molecule has 3 aromatic carbocycles. The number of hydrazone groups is 1. The fraction of sp³-hybridized carbons (Fsp3) is 0. The number of fused-ring (bicyclic) bond motifs is 1. The summed E-state index contributed by atoms with van der Waals surface area (Å²) in [6.07, 6.45) is 0. The van der Waals surface area contributed by atoms with E-state index in [1.54, 1.807) is 0 Å². The molecule has 0 fully saturated rings. The number of hydrogen-bond donors (Lipinski definition) is 2. The molecule has 0 aliphatic carbocycles. The van der Waals surface area contributed by atoms with Crippen LogP contribution in [0.15, 0.2) is 94.8 Å². The van der Waals surface area contributed by atoms with Crippen LogP contribution in [0.4, 0.5) is 5.69 Å². The van der Waals surface area contributed by atoms with Gasteiger partial charge in [0.1, 0.15) is 5.71 Å². The molecule has 0 saturated carbocycles. The lowest BCUT2D eigenvalue weighted by Crippen LogP contribution is -2.22. The van der Waals surface area contributed by atoms with Crippen LogP contribution in [0.1, 0.15) is 11.3 Å². The number of para-hydroxylation sites is 3. The third-order valence-corrected chi connectivity index (χ3v) is 3.94. The molecule has 2 N–H and O–H groups in total. The summed E-state index contributed by atoms with van der Waals surface area (Å²) in [5, 5.41) is 4.49. The van der Waals surface area contributed by atoms with E-state index in [1.165, 1.54) is 0 Å². The highest BCUT2D eigenvalue weighted by molar-refractivity contribution is 6.12. The van der Waals surface area contributed by atoms with E-state index >= 15 is 0 Å². The van der Waals surface area contributed by atoms with E-state index in [0.29, 0.717) is 16.7 Å². The molecule has 1 aromatic heterocycles. The van der Waals surface area contributed by atoms with Crippen molar-refractivity contribution in [1.82, 2.24) is 9.97 Å². The number of H-pyrrole nitrogens is 1. The Labute approximate surface area is 150 Å². The largest absolute Gasteiger partial charge is 0.319 e. The SMILES string of the molecule is O=c1[nH]c2ccccc2nc1C(=NNc1ccccc1)c1ccccc1. The summed E-state index contributed by atoms with van der Waals surface area (Å²) in [6.45, 7) is 0. The van der Waals surface area contributed by atoms with Crippen LogP contribution in [0.3, 0.4) is 0 Å². The van der Waals surface area contributed by atoms with Gasteiger partial charge in [0.15, 0.2) is 5.69 Å². The Morgan fingerprint density at radius 3 is 2.27 bits per heavy atom. The van der Waals surface area contributed by atoms with E-state index in [-0.39, 0.29) is 11.3 Å². The van der Waals surface area contributed by atoms with Crippen molar-refractivity contribution in [2.75, 3.05) is 5.43 Å². The topological polar surface area (TPSA) is 70.1 Å². The molecule has 5 nitrogen and oxygen atoms in total. The van der Waals surface area contributed by atoms with Gasteiger partial charge in [-0.1, -0.05) is 60.7 Å². The standard InChI is InChI=1S/C21H16N4O/c26-21-20(22-17-13-7-8-14-18(17)23-21)19(15-9-3-1-4-10-15)25-24-16-11-5-2-6-12-16/h1-14,24H,(H,23,26). The molecule has 0 aliphatic rings. The Balaban J connectivity index is 1.86. The number of nitrogens with zero attached hydrogens (tertiary/aromatic N) is 2. The normalized spacial score (nSPS) is 11.5. The molecular weight excluding hydrogens is 324 g/mol. The van der Waals surface area contributed by atoms with Crippen LogP contribution in [0.5, 0.6) is 0 Å². The number of anilines is 1. The number of aromatic nitrogens is 2. The lowest BCUT2D eigenvalue weighted by molar-refractivity contribution is 1.18. The Bertz CT molecular complexity index is 1120. The van der Waals surface area contributed by atoms with E-state index in [1.807, 2.05) is 84.9 Å². The lowest BCUT2D eigenvalue weighted by atomic mass is 10.1. The van der Waals surface area contributed by atoms with Crippen molar-refractivity contribution < 1.29 is 0 Å². The third kappa shape index (κ3) is 3.23. The zero-order valence-electron chi connectivity index (χ0n) is 13.9. The van der Waals surface area contributed by atoms with Crippen LogP contribution in [0.25, 0.3) is 11.0 Å². The molecule has 0 aliphatic heterocycles. The van der Waals surface area contributed by atoms with Crippen LogP contribution >= 0.6 is 0 Å². The molecule has 4 aromatic rings. The van der Waals surface area contributed by atoms with Gasteiger partial charge in [-0.05, 0) is 24.3 Å². The maximum Gasteiger partial charge on any atom is 0.276 e. The van der Waals surface area contributed by atoms with Gasteiger partial charge < -0.3 is 4.98 Å². The smallest absolute Gasteiger partial charge is 0.276 e. The van der Waals surface area contributed by atoms with Crippen LogP contribution < -0.4 is 11.0 Å². The van der Waals surface area contributed by atoms with Gasteiger partial charge in [0.25, 0.3) is 5.56 Å². The maximum atomic E-state index is 12.6. The Morgan fingerprint density at radius 1 is 0.846 bits per heavy atom. The molecular formula is C21H16N4O. The van der Waals surface area contributed by atoms with Gasteiger partial charge in [0.05, 0.1) is 16.7 Å². The van der Waals surface area contributed by atoms with Crippen molar-refractivity contribution in [3.05, 3.63) is 107 Å². The molecule has 0 unspecified atom stereocenters. The molecule has 5 heteroatoms. The van der Waals surface area contributed by atoms with Gasteiger partial charge in [-0.15, -0.1) is 0 Å². The Kier molecular flexibility index (Phi) is 4.26. The molecule has 1 heterocycles. The van der Waals surface area contributed by atoms with Crippen molar-refractivity contribution in [2.45, 2.75) is 0 Å². The van der Waals surface area contributed by atoms with Crippen LogP contribution in [-0.4, -0.2) is 15.7 Å². The zero-order valence-corrected chi connectivity index (χ0v) is 13.9. The first kappa shape index (κ1) is 15.8. The number of hydrogen-bond acceptors (Lipinski definition) is 4. The summed E-state index contributed by atoms with van der Waals surface area (Å²) in [6, 6.07) is 26.6. The summed E-state index contributed by atoms with van der Waals surface area (Å²) in [5.41, 5.74) is 6.55. The van der Waals surface area contributed by atoms with E-state index in [2.05, 4.69) is 20.5 Å². The van der Waals surface area contributed by atoms with Crippen molar-refractivity contribution in [3.63, 3.8) is 0 Å². The first-order chi connectivity index (χ1) is 12.8. The Morgan fingerprint density at radius 2 is 1.50 bits per heavy atom. The van der Waals surface area contributed by atoms with Crippen molar-refractivity contribution >= 4 is 22.4 Å². The van der Waals surface area contributed by atoms with Gasteiger partial charge in [0, 0.05) is 5.56 Å². The van der Waals surface area contributed by atoms with Crippen LogP contribution in [0.2, 0.25) is 0 Å². The highest BCUT2D eigenvalue weighted by atomic mass is 16.1. The zero-order chi connectivity index (χ0) is 17.8. The van der Waals surface area contributed by atoms with Crippen molar-refractivity contribution in [2.24, 2.45) is 5.10 Å². The van der Waals surface area contributed by atoms with E-state index in [4.69, 9.17) is 0 Å². The number of benzene rings is 3. The van der Waals surface area contributed by atoms with E-state index in [0.717, 1.165) is 11.3 Å². The molecule has 0 atom stereocenters. The molecule has 0 bridgehead atoms. The second-order valence-corrected chi connectivity index (χ2v) is 5.74. The fourth-order valence-corrected chi connectivity index (χ4v) is 2.67. The molecule has 0 saturated heterocycles. The number of nitrogens with one attached hydrogen (secondary N) is 2. The van der Waals surface area contributed by atoms with Gasteiger partial charge in [-0.25, -0.2) is 4.98 Å². The molecule has 0 radical (unpaired) electrons. The summed E-state index contributed by atoms with van der Waals surface area (Å²) in [4.78, 5) is 20.1. The summed E-state index contributed by atoms with van der Waals surface area (Å²) >= 11 is 0. The lowest BCUT2D eigenvalue weighted by Gasteiger charge is -2.08. The van der Waals surface area contributed by atoms with E-state index in [9.17, 15) is 4.79 Å². The van der Waals surface area contributed by atoms with Gasteiger partial charge in [0.2, 0.25) is 0 Å². The first-order valence-corrected chi connectivity index (χ1v) is 8.25. The van der Waals surface area contributed by atoms with Crippen molar-refractivity contribution in [3.8, 4) is 0 Å². The minimum absolute atomic E-state index is 0.276. The third-order valence-electron chi connectivity index (χ3n) is 3.94. The average Bonchev–Trinajstić information content (AvgIpc) is 2.70. The minimum Gasteiger partial charge on any atom is -0.319 e. The van der Waals surface area contributed by atoms with Crippen LogP contribution in [0, 0.1) is 0 Å². The number of aromatic amines is 1. The molecule has 0 amide bonds. The predicted octanol–water partition coefficient (Wildman–Crippen LogP) is 3.79. The average molecular weight is 340 g/mol. The van der Waals surface area contributed by atoms with Gasteiger partial charge in [-0.3, -0.25) is 10.2 Å². The summed E-state index contributed by atoms with van der Waals surface area (Å²) in [5.74, 6) is 0. The van der Waals surface area contributed by atoms with Gasteiger partial charge >= 0.3 is 0 Å². The molecule has 0 spiro atoms. The van der Waals surface area contributed by atoms with Crippen molar-refractivity contribution in [1.29, 1.82) is 0 Å². The van der Waals surface area contributed by atoms with Crippen LogP contribution in [-0.2, 0) is 0 Å². The molecule has 4 rings (SSSR count). The summed E-state index contributed by atoms with van der Waals surface area (Å²) < 4.78 is 0. The fourth-order valence-electron chi connectivity index (χ4n) is 2.67. The second kappa shape index (κ2) is 7.03. The maximum absolute atomic E-state index is 12.6. The predicted molar refractivity (Wildman–Crippen MR) is 105 cm³/mol. The van der Waals surface area contributed by atoms with Gasteiger partial charge in [-0.2, -0.15) is 5.10 Å². The highest BCUT2D eigenvalue weighted by Crippen LogP contribution is 2.12.